The highest BCUT2D eigenvalue weighted by Crippen LogP contribution is 2.40. The minimum absolute atomic E-state index is 0.0130. The molecule has 2 aliphatic rings. The Morgan fingerprint density at radius 3 is 2.58 bits per heavy atom. The summed E-state index contributed by atoms with van der Waals surface area (Å²) in [6, 6.07) is 13.0. The van der Waals surface area contributed by atoms with Crippen molar-refractivity contribution in [3.63, 3.8) is 0 Å². The van der Waals surface area contributed by atoms with Gasteiger partial charge in [-0.3, -0.25) is 4.79 Å². The van der Waals surface area contributed by atoms with Gasteiger partial charge < -0.3 is 25.6 Å². The zero-order valence-electron chi connectivity index (χ0n) is 20.0. The summed E-state index contributed by atoms with van der Waals surface area (Å²) in [5.74, 6) is -0.928. The van der Waals surface area contributed by atoms with Crippen LogP contribution in [-0.4, -0.2) is 41.8 Å². The van der Waals surface area contributed by atoms with E-state index in [1.165, 1.54) is 28.5 Å². The van der Waals surface area contributed by atoms with Crippen LogP contribution in [0.5, 0.6) is 5.75 Å². The first kappa shape index (κ1) is 24.3. The van der Waals surface area contributed by atoms with Gasteiger partial charge >= 0.3 is 5.97 Å². The van der Waals surface area contributed by atoms with E-state index in [2.05, 4.69) is 22.8 Å². The van der Waals surface area contributed by atoms with Crippen LogP contribution >= 0.6 is 11.3 Å². The second kappa shape index (κ2) is 10.7. The summed E-state index contributed by atoms with van der Waals surface area (Å²) in [5.41, 5.74) is 4.34. The van der Waals surface area contributed by atoms with Gasteiger partial charge in [-0.15, -0.1) is 11.3 Å². The molecule has 4 N–H and O–H groups in total. The van der Waals surface area contributed by atoms with Crippen molar-refractivity contribution in [2.75, 3.05) is 30.4 Å². The maximum absolute atomic E-state index is 13.0. The largest absolute Gasteiger partial charge is 0.506 e. The number of rotatable bonds is 7. The molecule has 8 heteroatoms. The summed E-state index contributed by atoms with van der Waals surface area (Å²) in [4.78, 5) is 25.2. The lowest BCUT2D eigenvalue weighted by atomic mass is 9.80. The number of ether oxygens (including phenoxy) is 1. The molecule has 1 aromatic heterocycles. The average Bonchev–Trinajstić information content (AvgIpc) is 3.32. The summed E-state index contributed by atoms with van der Waals surface area (Å²) < 4.78 is 5.38. The number of fused-ring (bicyclic) bond motifs is 1. The number of carbonyl (C=O) groups excluding carboxylic acids is 1. The molecule has 5 rings (SSSR count). The molecule has 2 heterocycles. The predicted molar refractivity (Wildman–Crippen MR) is 141 cm³/mol. The molecular weight excluding hydrogens is 476 g/mol. The Hall–Kier alpha value is -3.36. The van der Waals surface area contributed by atoms with Gasteiger partial charge in [0.1, 0.15) is 10.8 Å². The molecule has 1 aliphatic carbocycles. The number of phenolic OH excluding ortho intramolecular Hbond substituents is 1. The van der Waals surface area contributed by atoms with Gasteiger partial charge in [0.15, 0.2) is 0 Å². The lowest BCUT2D eigenvalue weighted by Gasteiger charge is -2.24. The SMILES string of the molecule is O=C(Nc1scc(C2CCc3ccccc3C2)c1C(=O)O)c1ccc(NCC2CCOCC2)c(O)c1. The number of benzene rings is 2. The Balaban J connectivity index is 1.28. The van der Waals surface area contributed by atoms with Crippen molar-refractivity contribution in [2.45, 2.75) is 38.0 Å². The van der Waals surface area contributed by atoms with Gasteiger partial charge in [0.05, 0.1) is 11.3 Å². The number of hydrogen-bond acceptors (Lipinski definition) is 6. The number of carbonyl (C=O) groups is 2. The molecule has 1 fully saturated rings. The van der Waals surface area contributed by atoms with Gasteiger partial charge in [-0.2, -0.15) is 0 Å². The van der Waals surface area contributed by atoms with Gasteiger partial charge in [-0.1, -0.05) is 24.3 Å². The topological polar surface area (TPSA) is 108 Å². The van der Waals surface area contributed by atoms with Gasteiger partial charge in [-0.25, -0.2) is 4.79 Å². The van der Waals surface area contributed by atoms with Crippen molar-refractivity contribution in [1.82, 2.24) is 0 Å². The van der Waals surface area contributed by atoms with Crippen LogP contribution in [-0.2, 0) is 17.6 Å². The maximum atomic E-state index is 13.0. The molecule has 2 aromatic carbocycles. The molecule has 188 valence electrons. The highest BCUT2D eigenvalue weighted by atomic mass is 32.1. The number of carboxylic acid groups (broad SMARTS) is 1. The number of aryl methyl sites for hydroxylation is 1. The van der Waals surface area contributed by atoms with E-state index < -0.39 is 11.9 Å². The first-order chi connectivity index (χ1) is 17.5. The smallest absolute Gasteiger partial charge is 0.339 e. The minimum Gasteiger partial charge on any atom is -0.506 e. The predicted octanol–water partition coefficient (Wildman–Crippen LogP) is 5.52. The molecule has 0 radical (unpaired) electrons. The van der Waals surface area contributed by atoms with Crippen molar-refractivity contribution < 1.29 is 24.5 Å². The number of amides is 1. The van der Waals surface area contributed by atoms with Crippen molar-refractivity contribution in [3.05, 3.63) is 75.7 Å². The zero-order chi connectivity index (χ0) is 25.1. The number of hydrogen-bond donors (Lipinski definition) is 4. The molecule has 7 nitrogen and oxygen atoms in total. The first-order valence-corrected chi connectivity index (χ1v) is 13.2. The Kier molecular flexibility index (Phi) is 7.25. The molecule has 1 aliphatic heterocycles. The normalized spacial score (nSPS) is 17.8. The van der Waals surface area contributed by atoms with Crippen molar-refractivity contribution >= 4 is 33.9 Å². The van der Waals surface area contributed by atoms with Crippen LogP contribution in [0.3, 0.4) is 0 Å². The summed E-state index contributed by atoms with van der Waals surface area (Å²) in [5, 5.41) is 28.7. The van der Waals surface area contributed by atoms with Gasteiger partial charge in [0, 0.05) is 25.3 Å². The molecule has 36 heavy (non-hydrogen) atoms. The molecule has 0 spiro atoms. The number of phenols is 1. The van der Waals surface area contributed by atoms with E-state index in [0.717, 1.165) is 57.4 Å². The molecule has 1 saturated heterocycles. The Labute approximate surface area is 214 Å². The molecule has 1 atom stereocenters. The van der Waals surface area contributed by atoms with Crippen molar-refractivity contribution in [2.24, 2.45) is 5.92 Å². The third kappa shape index (κ3) is 5.24. The van der Waals surface area contributed by atoms with Crippen LogP contribution in [0.1, 0.15) is 62.6 Å². The fraction of sp³-hybridized carbons (Fsp3) is 0.357. The van der Waals surface area contributed by atoms with Crippen LogP contribution in [0.2, 0.25) is 0 Å². The summed E-state index contributed by atoms with van der Waals surface area (Å²) >= 11 is 1.24. The second-order valence-electron chi connectivity index (χ2n) is 9.53. The number of nitrogens with one attached hydrogen (secondary N) is 2. The van der Waals surface area contributed by atoms with Crippen LogP contribution in [0.4, 0.5) is 10.7 Å². The highest BCUT2D eigenvalue weighted by Gasteiger charge is 2.28. The quantitative estimate of drug-likeness (QED) is 0.315. The summed E-state index contributed by atoms with van der Waals surface area (Å²) in [7, 11) is 0. The van der Waals surface area contributed by atoms with Crippen LogP contribution in [0.15, 0.2) is 47.8 Å². The average molecular weight is 507 g/mol. The van der Waals surface area contributed by atoms with Crippen LogP contribution in [0, 0.1) is 5.92 Å². The van der Waals surface area contributed by atoms with Crippen molar-refractivity contribution in [1.29, 1.82) is 0 Å². The Morgan fingerprint density at radius 1 is 1.06 bits per heavy atom. The van der Waals surface area contributed by atoms with E-state index in [0.29, 0.717) is 16.6 Å². The number of aromatic hydroxyl groups is 1. The standard InChI is InChI=1S/C28H30N2O5S/c31-24-14-21(7-8-23(24)29-15-17-9-11-35-12-10-17)26(32)30-27-25(28(33)34)22(16-36-27)20-6-5-18-3-1-2-4-19(18)13-20/h1-4,7-8,14,16-17,20,29,31H,5-6,9-13,15H2,(H,30,32)(H,33,34). The number of thiophene rings is 1. The van der Waals surface area contributed by atoms with Gasteiger partial charge in [0.2, 0.25) is 0 Å². The van der Waals surface area contributed by atoms with Crippen LogP contribution in [0.25, 0.3) is 0 Å². The first-order valence-electron chi connectivity index (χ1n) is 12.4. The number of carboxylic acids is 1. The Bertz CT molecular complexity index is 1260. The fourth-order valence-corrected chi connectivity index (χ4v) is 6.18. The van der Waals surface area contributed by atoms with E-state index in [9.17, 15) is 19.8 Å². The van der Waals surface area contributed by atoms with E-state index >= 15 is 0 Å². The second-order valence-corrected chi connectivity index (χ2v) is 10.4. The minimum atomic E-state index is -1.05. The molecule has 1 unspecified atom stereocenters. The van der Waals surface area contributed by atoms with Crippen LogP contribution < -0.4 is 10.6 Å². The summed E-state index contributed by atoms with van der Waals surface area (Å²) in [6.45, 7) is 2.25. The third-order valence-electron chi connectivity index (χ3n) is 7.23. The molecule has 3 aromatic rings. The van der Waals surface area contributed by atoms with Crippen molar-refractivity contribution in [3.8, 4) is 5.75 Å². The van der Waals surface area contributed by atoms with E-state index in [1.807, 2.05) is 17.5 Å². The zero-order valence-corrected chi connectivity index (χ0v) is 20.8. The number of anilines is 2. The molecule has 0 saturated carbocycles. The van der Waals surface area contributed by atoms with E-state index in [1.54, 1.807) is 12.1 Å². The monoisotopic (exact) mass is 506 g/mol. The summed E-state index contributed by atoms with van der Waals surface area (Å²) in [6.07, 6.45) is 4.53. The lowest BCUT2D eigenvalue weighted by Crippen LogP contribution is -2.22. The lowest BCUT2D eigenvalue weighted by molar-refractivity contribution is 0.0694. The molecule has 1 amide bonds. The molecular formula is C28H30N2O5S. The maximum Gasteiger partial charge on any atom is 0.339 e. The van der Waals surface area contributed by atoms with E-state index in [-0.39, 0.29) is 22.8 Å². The van der Waals surface area contributed by atoms with E-state index in [4.69, 9.17) is 4.74 Å². The Morgan fingerprint density at radius 2 is 1.83 bits per heavy atom. The fourth-order valence-electron chi connectivity index (χ4n) is 5.15. The molecule has 0 bridgehead atoms. The highest BCUT2D eigenvalue weighted by molar-refractivity contribution is 7.15. The van der Waals surface area contributed by atoms with Gasteiger partial charge in [-0.05, 0) is 84.2 Å². The third-order valence-corrected chi connectivity index (χ3v) is 8.14. The van der Waals surface area contributed by atoms with Gasteiger partial charge in [0.25, 0.3) is 5.91 Å². The number of aromatic carboxylic acids is 1.